The maximum absolute atomic E-state index is 13.0. The average molecular weight is 300 g/mol. The number of hydrogen-bond acceptors (Lipinski definition) is 1. The lowest BCUT2D eigenvalue weighted by atomic mass is 9.84. The SMILES string of the molecule is CC(Nc1ccc(F)cc1Br)C1CCCCC1. The summed E-state index contributed by atoms with van der Waals surface area (Å²) >= 11 is 3.40. The van der Waals surface area contributed by atoms with Crippen LogP contribution in [0.3, 0.4) is 0 Å². The van der Waals surface area contributed by atoms with Gasteiger partial charge < -0.3 is 5.32 Å². The first kappa shape index (κ1) is 12.9. The van der Waals surface area contributed by atoms with E-state index in [9.17, 15) is 4.39 Å². The molecule has 0 heterocycles. The molecule has 1 aromatic rings. The van der Waals surface area contributed by atoms with E-state index in [2.05, 4.69) is 28.2 Å². The molecule has 3 heteroatoms. The van der Waals surface area contributed by atoms with Crippen LogP contribution in [0.4, 0.5) is 10.1 Å². The number of benzene rings is 1. The van der Waals surface area contributed by atoms with Crippen molar-refractivity contribution in [2.24, 2.45) is 5.92 Å². The topological polar surface area (TPSA) is 12.0 Å². The third-order valence-electron chi connectivity index (χ3n) is 3.67. The Morgan fingerprint density at radius 1 is 1.29 bits per heavy atom. The van der Waals surface area contributed by atoms with Crippen LogP contribution >= 0.6 is 15.9 Å². The van der Waals surface area contributed by atoms with Gasteiger partial charge in [-0.15, -0.1) is 0 Å². The van der Waals surface area contributed by atoms with Crippen molar-refractivity contribution in [1.82, 2.24) is 0 Å². The molecule has 1 fully saturated rings. The third kappa shape index (κ3) is 3.44. The van der Waals surface area contributed by atoms with Gasteiger partial charge in [0.1, 0.15) is 5.82 Å². The van der Waals surface area contributed by atoms with Crippen LogP contribution in [-0.4, -0.2) is 6.04 Å². The van der Waals surface area contributed by atoms with Crippen LogP contribution < -0.4 is 5.32 Å². The van der Waals surface area contributed by atoms with Crippen molar-refractivity contribution in [3.8, 4) is 0 Å². The summed E-state index contributed by atoms with van der Waals surface area (Å²) in [6.07, 6.45) is 6.70. The molecular formula is C14H19BrFN. The van der Waals surface area contributed by atoms with Crippen molar-refractivity contribution in [2.45, 2.75) is 45.1 Å². The van der Waals surface area contributed by atoms with Crippen LogP contribution in [0.2, 0.25) is 0 Å². The first-order valence-corrected chi connectivity index (χ1v) is 7.17. The van der Waals surface area contributed by atoms with Gasteiger partial charge >= 0.3 is 0 Å². The fraction of sp³-hybridized carbons (Fsp3) is 0.571. The van der Waals surface area contributed by atoms with Crippen molar-refractivity contribution in [1.29, 1.82) is 0 Å². The smallest absolute Gasteiger partial charge is 0.124 e. The molecule has 17 heavy (non-hydrogen) atoms. The summed E-state index contributed by atoms with van der Waals surface area (Å²) in [6.45, 7) is 2.23. The van der Waals surface area contributed by atoms with Gasteiger partial charge in [0.2, 0.25) is 0 Å². The van der Waals surface area contributed by atoms with E-state index in [1.807, 2.05) is 0 Å². The normalized spacial score (nSPS) is 19.0. The Bertz CT molecular complexity index is 374. The third-order valence-corrected chi connectivity index (χ3v) is 4.33. The van der Waals surface area contributed by atoms with E-state index < -0.39 is 0 Å². The molecule has 94 valence electrons. The van der Waals surface area contributed by atoms with Gasteiger partial charge in [-0.2, -0.15) is 0 Å². The zero-order valence-electron chi connectivity index (χ0n) is 10.2. The maximum atomic E-state index is 13.0. The van der Waals surface area contributed by atoms with Gasteiger partial charge in [0, 0.05) is 16.2 Å². The number of halogens is 2. The molecule has 0 amide bonds. The van der Waals surface area contributed by atoms with Crippen molar-refractivity contribution in [3.05, 3.63) is 28.5 Å². The molecule has 1 nitrogen and oxygen atoms in total. The summed E-state index contributed by atoms with van der Waals surface area (Å²) in [5.74, 6) is 0.549. The van der Waals surface area contributed by atoms with Gasteiger partial charge in [-0.1, -0.05) is 19.3 Å². The molecule has 1 atom stereocenters. The highest BCUT2D eigenvalue weighted by molar-refractivity contribution is 9.10. The van der Waals surface area contributed by atoms with Gasteiger partial charge in [-0.05, 0) is 59.8 Å². The molecule has 0 bridgehead atoms. The number of hydrogen-bond donors (Lipinski definition) is 1. The molecule has 1 aliphatic rings. The van der Waals surface area contributed by atoms with Crippen LogP contribution in [0, 0.1) is 11.7 Å². The Hall–Kier alpha value is -0.570. The van der Waals surface area contributed by atoms with Crippen molar-refractivity contribution >= 4 is 21.6 Å². The molecule has 0 saturated heterocycles. The maximum Gasteiger partial charge on any atom is 0.124 e. The van der Waals surface area contributed by atoms with E-state index in [-0.39, 0.29) is 5.82 Å². The lowest BCUT2D eigenvalue weighted by molar-refractivity contribution is 0.328. The predicted octanol–water partition coefficient (Wildman–Crippen LogP) is 4.97. The Morgan fingerprint density at radius 3 is 2.65 bits per heavy atom. The molecule has 1 N–H and O–H groups in total. The van der Waals surface area contributed by atoms with Gasteiger partial charge in [0.05, 0.1) is 0 Å². The molecule has 0 spiro atoms. The molecule has 1 unspecified atom stereocenters. The van der Waals surface area contributed by atoms with Crippen LogP contribution in [0.5, 0.6) is 0 Å². The summed E-state index contributed by atoms with van der Waals surface area (Å²) < 4.78 is 13.8. The standard InChI is InChI=1S/C14H19BrFN/c1-10(11-5-3-2-4-6-11)17-14-8-7-12(16)9-13(14)15/h7-11,17H,2-6H2,1H3. The first-order valence-electron chi connectivity index (χ1n) is 6.38. The fourth-order valence-corrected chi connectivity index (χ4v) is 3.07. The molecule has 0 radical (unpaired) electrons. The quantitative estimate of drug-likeness (QED) is 0.831. The van der Waals surface area contributed by atoms with Crippen LogP contribution in [0.1, 0.15) is 39.0 Å². The number of rotatable bonds is 3. The summed E-state index contributed by atoms with van der Waals surface area (Å²) in [4.78, 5) is 0. The Morgan fingerprint density at radius 2 is 2.00 bits per heavy atom. The number of anilines is 1. The summed E-state index contributed by atoms with van der Waals surface area (Å²) in [7, 11) is 0. The van der Waals surface area contributed by atoms with Crippen LogP contribution in [0.15, 0.2) is 22.7 Å². The Kier molecular flexibility index (Phi) is 4.43. The van der Waals surface area contributed by atoms with Crippen LogP contribution in [0.25, 0.3) is 0 Å². The van der Waals surface area contributed by atoms with Gasteiger partial charge in [0.25, 0.3) is 0 Å². The minimum Gasteiger partial charge on any atom is -0.381 e. The zero-order chi connectivity index (χ0) is 12.3. The minimum absolute atomic E-state index is 0.201. The van der Waals surface area contributed by atoms with Crippen molar-refractivity contribution in [3.63, 3.8) is 0 Å². The first-order chi connectivity index (χ1) is 8.16. The minimum atomic E-state index is -0.201. The highest BCUT2D eigenvalue weighted by atomic mass is 79.9. The van der Waals surface area contributed by atoms with Gasteiger partial charge in [-0.25, -0.2) is 4.39 Å². The summed E-state index contributed by atoms with van der Waals surface area (Å²) in [5.41, 5.74) is 0.990. The average Bonchev–Trinajstić information content (AvgIpc) is 2.34. The van der Waals surface area contributed by atoms with Crippen molar-refractivity contribution < 1.29 is 4.39 Å². The molecule has 1 saturated carbocycles. The molecule has 0 aliphatic heterocycles. The van der Waals surface area contributed by atoms with E-state index >= 15 is 0 Å². The lowest BCUT2D eigenvalue weighted by Crippen LogP contribution is -2.27. The zero-order valence-corrected chi connectivity index (χ0v) is 11.8. The second-order valence-corrected chi connectivity index (χ2v) is 5.81. The van der Waals surface area contributed by atoms with Gasteiger partial charge in [0.15, 0.2) is 0 Å². The lowest BCUT2D eigenvalue weighted by Gasteiger charge is -2.29. The molecule has 1 aliphatic carbocycles. The Balaban J connectivity index is 1.99. The van der Waals surface area contributed by atoms with E-state index in [1.165, 1.54) is 44.2 Å². The Labute approximate surface area is 111 Å². The summed E-state index contributed by atoms with van der Waals surface area (Å²) in [5, 5.41) is 3.49. The second-order valence-electron chi connectivity index (χ2n) is 4.96. The van der Waals surface area contributed by atoms with E-state index in [1.54, 1.807) is 6.07 Å². The second kappa shape index (κ2) is 5.85. The molecule has 2 rings (SSSR count). The molecule has 1 aromatic carbocycles. The van der Waals surface area contributed by atoms with Gasteiger partial charge in [-0.3, -0.25) is 0 Å². The highest BCUT2D eigenvalue weighted by Crippen LogP contribution is 2.30. The molecular weight excluding hydrogens is 281 g/mol. The highest BCUT2D eigenvalue weighted by Gasteiger charge is 2.20. The van der Waals surface area contributed by atoms with E-state index in [4.69, 9.17) is 0 Å². The molecule has 0 aromatic heterocycles. The van der Waals surface area contributed by atoms with Crippen LogP contribution in [-0.2, 0) is 0 Å². The van der Waals surface area contributed by atoms with E-state index in [0.29, 0.717) is 6.04 Å². The summed E-state index contributed by atoms with van der Waals surface area (Å²) in [6, 6.07) is 5.27. The number of nitrogens with one attached hydrogen (secondary N) is 1. The van der Waals surface area contributed by atoms with Crippen molar-refractivity contribution in [2.75, 3.05) is 5.32 Å². The monoisotopic (exact) mass is 299 g/mol. The fourth-order valence-electron chi connectivity index (χ4n) is 2.60. The predicted molar refractivity (Wildman–Crippen MR) is 73.8 cm³/mol. The largest absolute Gasteiger partial charge is 0.381 e. The van der Waals surface area contributed by atoms with E-state index in [0.717, 1.165) is 16.1 Å².